The first-order valence-corrected chi connectivity index (χ1v) is 11.8. The molecule has 1 aromatic rings. The molecule has 8 atom stereocenters. The minimum absolute atomic E-state index is 0.0144. The fourth-order valence-corrected chi connectivity index (χ4v) is 8.09. The molecule has 0 aliphatic heterocycles. The molecule has 0 radical (unpaired) electrons. The molecule has 0 amide bonds. The second-order valence-corrected chi connectivity index (χ2v) is 11.3. The van der Waals surface area contributed by atoms with Crippen LogP contribution < -0.4 is 0 Å². The maximum atomic E-state index is 11.4. The summed E-state index contributed by atoms with van der Waals surface area (Å²) in [5, 5.41) is 26.0. The summed E-state index contributed by atoms with van der Waals surface area (Å²) in [5.41, 5.74) is 3.94. The summed E-state index contributed by atoms with van der Waals surface area (Å²) in [4.78, 5) is 0. The Labute approximate surface area is 175 Å². The van der Waals surface area contributed by atoms with Gasteiger partial charge in [-0.15, -0.1) is 0 Å². The lowest BCUT2D eigenvalue weighted by Gasteiger charge is -2.60. The van der Waals surface area contributed by atoms with E-state index in [0.29, 0.717) is 17.3 Å². The van der Waals surface area contributed by atoms with E-state index in [1.165, 1.54) is 31.3 Å². The fourth-order valence-electron chi connectivity index (χ4n) is 8.09. The molecule has 0 bridgehead atoms. The molecule has 4 saturated carbocycles. The molecule has 0 unspecified atom stereocenters. The van der Waals surface area contributed by atoms with Gasteiger partial charge in [0.05, 0.1) is 18.4 Å². The van der Waals surface area contributed by atoms with Crippen molar-refractivity contribution in [3.05, 3.63) is 23.0 Å². The SMILES string of the molecule is Cc1c(/C=C2\C[C@H]3[C@@H]4CC[C@@H]5C[C@H](O)CC[C@]5(C)[C@H]4CC[C@]3(C)[C@@H]2O)cnn1C. The van der Waals surface area contributed by atoms with Gasteiger partial charge in [0.1, 0.15) is 0 Å². The Morgan fingerprint density at radius 3 is 2.55 bits per heavy atom. The summed E-state index contributed by atoms with van der Waals surface area (Å²) in [7, 11) is 1.98. The van der Waals surface area contributed by atoms with Crippen LogP contribution in [0.1, 0.15) is 76.5 Å². The molecule has 4 aliphatic rings. The third-order valence-corrected chi connectivity index (χ3v) is 10.1. The molecular formula is C25H38N2O2. The molecule has 2 N–H and O–H groups in total. The summed E-state index contributed by atoms with van der Waals surface area (Å²) in [6.07, 6.45) is 12.9. The van der Waals surface area contributed by atoms with Crippen LogP contribution in [0.3, 0.4) is 0 Å². The maximum absolute atomic E-state index is 11.4. The second-order valence-electron chi connectivity index (χ2n) is 11.3. The summed E-state index contributed by atoms with van der Waals surface area (Å²) in [6, 6.07) is 0. The minimum Gasteiger partial charge on any atom is -0.393 e. The molecule has 0 saturated heterocycles. The number of fused-ring (bicyclic) bond motifs is 5. The average molecular weight is 399 g/mol. The van der Waals surface area contributed by atoms with E-state index in [0.717, 1.165) is 48.8 Å². The molecule has 0 spiro atoms. The first kappa shape index (κ1) is 19.8. The third kappa shape index (κ3) is 2.81. The average Bonchev–Trinajstić information content (AvgIpc) is 3.14. The maximum Gasteiger partial charge on any atom is 0.0809 e. The van der Waals surface area contributed by atoms with Crippen LogP contribution in [0.25, 0.3) is 6.08 Å². The monoisotopic (exact) mass is 398 g/mol. The smallest absolute Gasteiger partial charge is 0.0809 e. The van der Waals surface area contributed by atoms with E-state index in [-0.39, 0.29) is 17.6 Å². The van der Waals surface area contributed by atoms with Crippen molar-refractivity contribution in [3.63, 3.8) is 0 Å². The van der Waals surface area contributed by atoms with Gasteiger partial charge in [-0.1, -0.05) is 13.8 Å². The molecular weight excluding hydrogens is 360 g/mol. The number of aliphatic hydroxyl groups excluding tert-OH is 2. The highest BCUT2D eigenvalue weighted by Gasteiger charge is 2.61. The van der Waals surface area contributed by atoms with Gasteiger partial charge >= 0.3 is 0 Å². The van der Waals surface area contributed by atoms with Gasteiger partial charge in [-0.2, -0.15) is 5.10 Å². The van der Waals surface area contributed by atoms with Crippen molar-refractivity contribution < 1.29 is 10.2 Å². The zero-order chi connectivity index (χ0) is 20.6. The van der Waals surface area contributed by atoms with E-state index in [9.17, 15) is 10.2 Å². The number of nitrogens with zero attached hydrogens (tertiary/aromatic N) is 2. The molecule has 4 nitrogen and oxygen atoms in total. The second kappa shape index (κ2) is 6.68. The van der Waals surface area contributed by atoms with Gasteiger partial charge in [-0.25, -0.2) is 0 Å². The predicted molar refractivity (Wildman–Crippen MR) is 115 cm³/mol. The number of aromatic nitrogens is 2. The lowest BCUT2D eigenvalue weighted by atomic mass is 9.45. The Hall–Kier alpha value is -1.13. The normalized spacial score (nSPS) is 48.3. The Morgan fingerprint density at radius 1 is 1.07 bits per heavy atom. The van der Waals surface area contributed by atoms with Crippen LogP contribution in [-0.2, 0) is 7.05 Å². The van der Waals surface area contributed by atoms with Crippen molar-refractivity contribution in [2.75, 3.05) is 0 Å². The summed E-state index contributed by atoms with van der Waals surface area (Å²) in [6.45, 7) is 6.99. The number of hydrogen-bond acceptors (Lipinski definition) is 3. The van der Waals surface area contributed by atoms with Crippen molar-refractivity contribution >= 4 is 6.08 Å². The predicted octanol–water partition coefficient (Wildman–Crippen LogP) is 4.49. The lowest BCUT2D eigenvalue weighted by Crippen LogP contribution is -2.54. The Kier molecular flexibility index (Phi) is 4.57. The molecule has 4 aliphatic carbocycles. The van der Waals surface area contributed by atoms with Gasteiger partial charge in [-0.3, -0.25) is 4.68 Å². The number of hydrogen-bond donors (Lipinski definition) is 2. The van der Waals surface area contributed by atoms with Crippen molar-refractivity contribution in [1.29, 1.82) is 0 Å². The highest BCUT2D eigenvalue weighted by molar-refractivity contribution is 5.57. The van der Waals surface area contributed by atoms with E-state index in [2.05, 4.69) is 31.9 Å². The number of rotatable bonds is 1. The van der Waals surface area contributed by atoms with Crippen LogP contribution in [0.15, 0.2) is 11.8 Å². The largest absolute Gasteiger partial charge is 0.393 e. The Balaban J connectivity index is 1.45. The first-order chi connectivity index (χ1) is 13.7. The lowest BCUT2D eigenvalue weighted by molar-refractivity contribution is -0.133. The quantitative estimate of drug-likeness (QED) is 0.733. The van der Waals surface area contributed by atoms with Crippen LogP contribution in [-0.4, -0.2) is 32.2 Å². The van der Waals surface area contributed by atoms with Gasteiger partial charge in [0.2, 0.25) is 0 Å². The van der Waals surface area contributed by atoms with Gasteiger partial charge in [0, 0.05) is 23.7 Å². The zero-order valence-electron chi connectivity index (χ0n) is 18.6. The first-order valence-electron chi connectivity index (χ1n) is 11.8. The van der Waals surface area contributed by atoms with Crippen molar-refractivity contribution in [2.24, 2.45) is 41.5 Å². The van der Waals surface area contributed by atoms with Gasteiger partial charge in [0.25, 0.3) is 0 Å². The van der Waals surface area contributed by atoms with E-state index in [4.69, 9.17) is 0 Å². The van der Waals surface area contributed by atoms with E-state index >= 15 is 0 Å². The van der Waals surface area contributed by atoms with Crippen LogP contribution in [0.4, 0.5) is 0 Å². The molecule has 1 heterocycles. The van der Waals surface area contributed by atoms with Crippen molar-refractivity contribution in [2.45, 2.75) is 84.3 Å². The highest BCUT2D eigenvalue weighted by atomic mass is 16.3. The number of aliphatic hydroxyl groups is 2. The Morgan fingerprint density at radius 2 is 1.83 bits per heavy atom. The number of aryl methyl sites for hydroxylation is 1. The zero-order valence-corrected chi connectivity index (χ0v) is 18.6. The fraction of sp³-hybridized carbons (Fsp3) is 0.800. The minimum atomic E-state index is -0.327. The van der Waals surface area contributed by atoms with E-state index < -0.39 is 0 Å². The molecule has 5 rings (SSSR count). The van der Waals surface area contributed by atoms with E-state index in [1.54, 1.807) is 0 Å². The summed E-state index contributed by atoms with van der Waals surface area (Å²) in [5.74, 6) is 2.76. The molecule has 4 heteroatoms. The topological polar surface area (TPSA) is 58.3 Å². The van der Waals surface area contributed by atoms with Gasteiger partial charge in [0.15, 0.2) is 0 Å². The molecule has 0 aromatic carbocycles. The molecule has 160 valence electrons. The van der Waals surface area contributed by atoms with Crippen LogP contribution in [0.2, 0.25) is 0 Å². The van der Waals surface area contributed by atoms with Crippen LogP contribution in [0, 0.1) is 41.4 Å². The van der Waals surface area contributed by atoms with Crippen molar-refractivity contribution in [3.8, 4) is 0 Å². The van der Waals surface area contributed by atoms with Gasteiger partial charge in [-0.05, 0) is 99.0 Å². The van der Waals surface area contributed by atoms with E-state index in [1.807, 2.05) is 17.9 Å². The van der Waals surface area contributed by atoms with Crippen molar-refractivity contribution in [1.82, 2.24) is 9.78 Å². The summed E-state index contributed by atoms with van der Waals surface area (Å²) < 4.78 is 1.91. The standard InChI is InChI=1S/C25H38N2O2/c1-15-17(14-26-27(15)4)11-16-12-22-20-6-5-18-13-19(28)7-9-24(18,2)21(20)8-10-25(22,3)23(16)29/h11,14,18-23,28-29H,5-10,12-13H2,1-4H3/b16-11+/t18-,19-,20-,21+,22+,23-,24+,25+/m1/s1. The molecule has 1 aromatic heterocycles. The van der Waals surface area contributed by atoms with Crippen LogP contribution in [0.5, 0.6) is 0 Å². The third-order valence-electron chi connectivity index (χ3n) is 10.1. The highest BCUT2D eigenvalue weighted by Crippen LogP contribution is 2.67. The molecule has 29 heavy (non-hydrogen) atoms. The van der Waals surface area contributed by atoms with Gasteiger partial charge < -0.3 is 10.2 Å². The Bertz CT molecular complexity index is 829. The summed E-state index contributed by atoms with van der Waals surface area (Å²) >= 11 is 0. The van der Waals surface area contributed by atoms with Crippen LogP contribution >= 0.6 is 0 Å². The molecule has 4 fully saturated rings.